The summed E-state index contributed by atoms with van der Waals surface area (Å²) in [6.45, 7) is 0.423. The van der Waals surface area contributed by atoms with E-state index in [0.717, 1.165) is 22.3 Å². The summed E-state index contributed by atoms with van der Waals surface area (Å²) in [5.74, 6) is 1.04. The molecule has 2 aromatic rings. The SMILES string of the molecule is O=C1CNc2[nH]c3ccccc3c21. The van der Waals surface area contributed by atoms with Gasteiger partial charge in [0.2, 0.25) is 0 Å². The van der Waals surface area contributed by atoms with Gasteiger partial charge in [-0.15, -0.1) is 0 Å². The molecular weight excluding hydrogens is 164 g/mol. The van der Waals surface area contributed by atoms with Crippen LogP contribution >= 0.6 is 0 Å². The zero-order chi connectivity index (χ0) is 8.84. The Kier molecular flexibility index (Phi) is 1.10. The molecule has 0 unspecified atom stereocenters. The molecule has 1 aliphatic rings. The van der Waals surface area contributed by atoms with Gasteiger partial charge < -0.3 is 10.3 Å². The molecule has 0 saturated carbocycles. The molecule has 0 aliphatic carbocycles. The maximum absolute atomic E-state index is 11.5. The van der Waals surface area contributed by atoms with Gasteiger partial charge in [-0.1, -0.05) is 18.2 Å². The number of benzene rings is 1. The van der Waals surface area contributed by atoms with Crippen LogP contribution in [0.3, 0.4) is 0 Å². The van der Waals surface area contributed by atoms with Crippen molar-refractivity contribution >= 4 is 22.5 Å². The van der Waals surface area contributed by atoms with Crippen LogP contribution in [0.15, 0.2) is 24.3 Å². The van der Waals surface area contributed by atoms with Gasteiger partial charge in [-0.3, -0.25) is 4.79 Å². The van der Waals surface area contributed by atoms with Crippen molar-refractivity contribution in [2.75, 3.05) is 11.9 Å². The van der Waals surface area contributed by atoms with Crippen molar-refractivity contribution in [2.45, 2.75) is 0 Å². The van der Waals surface area contributed by atoms with Crippen LogP contribution in [0.4, 0.5) is 5.82 Å². The van der Waals surface area contributed by atoms with E-state index in [9.17, 15) is 4.79 Å². The largest absolute Gasteiger partial charge is 0.364 e. The summed E-state index contributed by atoms with van der Waals surface area (Å²) in [7, 11) is 0. The number of anilines is 1. The lowest BCUT2D eigenvalue weighted by Gasteiger charge is -1.91. The van der Waals surface area contributed by atoms with Crippen molar-refractivity contribution in [3.8, 4) is 0 Å². The molecule has 2 N–H and O–H groups in total. The zero-order valence-electron chi connectivity index (χ0n) is 6.92. The number of carbonyl (C=O) groups is 1. The Morgan fingerprint density at radius 1 is 1.23 bits per heavy atom. The van der Waals surface area contributed by atoms with Gasteiger partial charge in [0.25, 0.3) is 0 Å². The monoisotopic (exact) mass is 172 g/mol. The van der Waals surface area contributed by atoms with E-state index in [2.05, 4.69) is 10.3 Å². The standard InChI is InChI=1S/C10H8N2O/c13-8-5-11-10-9(8)6-3-1-2-4-7(6)12-10/h1-4,11-12H,5H2. The highest BCUT2D eigenvalue weighted by Gasteiger charge is 2.23. The van der Waals surface area contributed by atoms with Crippen LogP contribution in [0.25, 0.3) is 10.9 Å². The first-order chi connectivity index (χ1) is 6.36. The summed E-state index contributed by atoms with van der Waals surface area (Å²) < 4.78 is 0. The van der Waals surface area contributed by atoms with E-state index >= 15 is 0 Å². The lowest BCUT2D eigenvalue weighted by Crippen LogP contribution is -2.02. The number of fused-ring (bicyclic) bond motifs is 3. The molecule has 13 heavy (non-hydrogen) atoms. The fourth-order valence-corrected chi connectivity index (χ4v) is 1.82. The minimum absolute atomic E-state index is 0.174. The third-order valence-corrected chi connectivity index (χ3v) is 2.41. The number of rotatable bonds is 0. The molecule has 64 valence electrons. The minimum Gasteiger partial charge on any atom is -0.364 e. The quantitative estimate of drug-likeness (QED) is 0.636. The summed E-state index contributed by atoms with van der Waals surface area (Å²) in [6, 6.07) is 7.85. The molecule has 2 heterocycles. The van der Waals surface area contributed by atoms with Crippen molar-refractivity contribution in [1.29, 1.82) is 0 Å². The number of hydrogen-bond donors (Lipinski definition) is 2. The maximum Gasteiger partial charge on any atom is 0.186 e. The fraction of sp³-hybridized carbons (Fsp3) is 0.100. The van der Waals surface area contributed by atoms with Crippen LogP contribution in [0.5, 0.6) is 0 Å². The lowest BCUT2D eigenvalue weighted by molar-refractivity contribution is 0.101. The zero-order valence-corrected chi connectivity index (χ0v) is 6.92. The Hall–Kier alpha value is -1.77. The van der Waals surface area contributed by atoms with Crippen molar-refractivity contribution < 1.29 is 4.79 Å². The van der Waals surface area contributed by atoms with E-state index < -0.39 is 0 Å². The first-order valence-corrected chi connectivity index (χ1v) is 4.24. The van der Waals surface area contributed by atoms with Crippen LogP contribution in [-0.4, -0.2) is 17.3 Å². The summed E-state index contributed by atoms with van der Waals surface area (Å²) in [4.78, 5) is 14.6. The molecule has 0 radical (unpaired) electrons. The van der Waals surface area contributed by atoms with Gasteiger partial charge in [-0.05, 0) is 6.07 Å². The Balaban J connectivity index is 2.46. The lowest BCUT2D eigenvalue weighted by atomic mass is 10.1. The fourth-order valence-electron chi connectivity index (χ4n) is 1.82. The molecule has 0 bridgehead atoms. The molecule has 1 aromatic heterocycles. The number of carbonyl (C=O) groups excluding carboxylic acids is 1. The first-order valence-electron chi connectivity index (χ1n) is 4.24. The van der Waals surface area contributed by atoms with Crippen molar-refractivity contribution in [1.82, 2.24) is 4.98 Å². The summed E-state index contributed by atoms with van der Waals surface area (Å²) >= 11 is 0. The number of ketones is 1. The Morgan fingerprint density at radius 2 is 2.08 bits per heavy atom. The average molecular weight is 172 g/mol. The molecule has 0 atom stereocenters. The maximum atomic E-state index is 11.5. The van der Waals surface area contributed by atoms with Gasteiger partial charge in [0.1, 0.15) is 5.82 Å². The topological polar surface area (TPSA) is 44.9 Å². The van der Waals surface area contributed by atoms with Gasteiger partial charge >= 0.3 is 0 Å². The van der Waals surface area contributed by atoms with E-state index in [0.29, 0.717) is 6.54 Å². The van der Waals surface area contributed by atoms with Crippen molar-refractivity contribution in [2.24, 2.45) is 0 Å². The number of nitrogens with one attached hydrogen (secondary N) is 2. The highest BCUT2D eigenvalue weighted by molar-refractivity contribution is 6.17. The van der Waals surface area contributed by atoms with E-state index in [4.69, 9.17) is 0 Å². The second kappa shape index (κ2) is 2.13. The summed E-state index contributed by atoms with van der Waals surface area (Å²) in [5.41, 5.74) is 1.84. The molecule has 0 spiro atoms. The molecule has 0 fully saturated rings. The molecule has 1 aliphatic heterocycles. The number of para-hydroxylation sites is 1. The van der Waals surface area contributed by atoms with Crippen molar-refractivity contribution in [3.05, 3.63) is 29.8 Å². The van der Waals surface area contributed by atoms with Crippen molar-refractivity contribution in [3.63, 3.8) is 0 Å². The van der Waals surface area contributed by atoms with Gasteiger partial charge in [0, 0.05) is 10.9 Å². The third kappa shape index (κ3) is 0.758. The van der Waals surface area contributed by atoms with E-state index in [1.54, 1.807) is 0 Å². The Labute approximate surface area is 74.8 Å². The van der Waals surface area contributed by atoms with Crippen LogP contribution in [0, 0.1) is 0 Å². The average Bonchev–Trinajstić information content (AvgIpc) is 2.66. The van der Waals surface area contributed by atoms with E-state index in [1.807, 2.05) is 24.3 Å². The van der Waals surface area contributed by atoms with E-state index in [-0.39, 0.29) is 5.78 Å². The van der Waals surface area contributed by atoms with Gasteiger partial charge in [-0.2, -0.15) is 0 Å². The Bertz CT molecular complexity index is 499. The molecule has 0 saturated heterocycles. The van der Waals surface area contributed by atoms with Crippen LogP contribution < -0.4 is 5.32 Å². The van der Waals surface area contributed by atoms with Crippen LogP contribution in [-0.2, 0) is 0 Å². The van der Waals surface area contributed by atoms with Crippen LogP contribution in [0.2, 0.25) is 0 Å². The first kappa shape index (κ1) is 6.71. The predicted octanol–water partition coefficient (Wildman–Crippen LogP) is 1.78. The highest BCUT2D eigenvalue weighted by Crippen LogP contribution is 2.29. The normalized spacial score (nSPS) is 14.6. The molecule has 0 amide bonds. The molecule has 3 heteroatoms. The van der Waals surface area contributed by atoms with Gasteiger partial charge in [0.15, 0.2) is 5.78 Å². The molecular formula is C10H8N2O. The van der Waals surface area contributed by atoms with Gasteiger partial charge in [0.05, 0.1) is 12.1 Å². The van der Waals surface area contributed by atoms with Crippen LogP contribution in [0.1, 0.15) is 10.4 Å². The summed E-state index contributed by atoms with van der Waals surface area (Å²) in [5, 5.41) is 4.06. The predicted molar refractivity (Wildman–Crippen MR) is 51.1 cm³/mol. The Morgan fingerprint density at radius 3 is 3.00 bits per heavy atom. The number of Topliss-reactive ketones (excluding diaryl/α,β-unsaturated/α-hetero) is 1. The number of aromatic amines is 1. The second-order valence-corrected chi connectivity index (χ2v) is 3.20. The highest BCUT2D eigenvalue weighted by atomic mass is 16.1. The summed E-state index contributed by atoms with van der Waals surface area (Å²) in [6.07, 6.45) is 0. The second-order valence-electron chi connectivity index (χ2n) is 3.20. The number of aromatic nitrogens is 1. The number of H-pyrrole nitrogens is 1. The molecule has 3 nitrogen and oxygen atoms in total. The minimum atomic E-state index is 0.174. The number of hydrogen-bond acceptors (Lipinski definition) is 2. The molecule has 1 aromatic carbocycles. The smallest absolute Gasteiger partial charge is 0.186 e. The van der Waals surface area contributed by atoms with E-state index in [1.165, 1.54) is 0 Å². The molecule has 3 rings (SSSR count). The van der Waals surface area contributed by atoms with Gasteiger partial charge in [-0.25, -0.2) is 0 Å². The third-order valence-electron chi connectivity index (χ3n) is 2.41.